The fourth-order valence-corrected chi connectivity index (χ4v) is 5.52. The van der Waals surface area contributed by atoms with Crippen LogP contribution in [-0.4, -0.2) is 15.3 Å². The van der Waals surface area contributed by atoms with E-state index in [9.17, 15) is 5.26 Å². The summed E-state index contributed by atoms with van der Waals surface area (Å²) in [4.78, 5) is 3.99. The molecule has 1 aromatic carbocycles. The van der Waals surface area contributed by atoms with E-state index < -0.39 is 0 Å². The molecule has 3 rings (SSSR count). The summed E-state index contributed by atoms with van der Waals surface area (Å²) in [7, 11) is 0. The van der Waals surface area contributed by atoms with Crippen molar-refractivity contribution in [1.29, 1.82) is 5.26 Å². The number of aromatic nitrogens is 2. The topological polar surface area (TPSA) is 41.6 Å². The van der Waals surface area contributed by atoms with Gasteiger partial charge in [-0.25, -0.2) is 4.98 Å². The number of nitrogens with zero attached hydrogens (tertiary/aromatic N) is 3. The molecule has 0 radical (unpaired) electrons. The number of allylic oxidation sites excluding steroid dienone is 1. The Bertz CT molecular complexity index is 735. The standard InChI is InChI=1S/C14H9Cl2N3S2/c15-9-1-2-10(11(16)5-9)13-7-20-14(21-13)12(6-17)19-4-3-18-8-19/h1-5,8,13H,7H2/b14-12-/t13-/m1/s1. The SMILES string of the molecule is N#C/C(=C1\SC[C@H](c2ccc(Cl)cc2Cl)S1)n1ccnc1. The van der Waals surface area contributed by atoms with Gasteiger partial charge in [0.15, 0.2) is 0 Å². The highest BCUT2D eigenvalue weighted by Crippen LogP contribution is 2.53. The number of nitriles is 1. The van der Waals surface area contributed by atoms with Crippen molar-refractivity contribution >= 4 is 52.4 Å². The number of benzene rings is 1. The molecule has 1 aromatic heterocycles. The Labute approximate surface area is 141 Å². The predicted molar refractivity (Wildman–Crippen MR) is 90.3 cm³/mol. The zero-order valence-electron chi connectivity index (χ0n) is 10.7. The minimum absolute atomic E-state index is 0.224. The molecule has 0 amide bonds. The molecule has 3 nitrogen and oxygen atoms in total. The summed E-state index contributed by atoms with van der Waals surface area (Å²) in [5.74, 6) is 0.876. The van der Waals surface area contributed by atoms with E-state index in [1.165, 1.54) is 0 Å². The molecule has 0 spiro atoms. The average Bonchev–Trinajstić information content (AvgIpc) is 3.12. The quantitative estimate of drug-likeness (QED) is 0.707. The zero-order valence-corrected chi connectivity index (χ0v) is 13.8. The van der Waals surface area contributed by atoms with Gasteiger partial charge in [0.2, 0.25) is 0 Å². The molecule has 1 aliphatic rings. The van der Waals surface area contributed by atoms with Crippen LogP contribution in [0.1, 0.15) is 10.8 Å². The Morgan fingerprint density at radius 3 is 2.95 bits per heavy atom. The van der Waals surface area contributed by atoms with Gasteiger partial charge >= 0.3 is 0 Å². The van der Waals surface area contributed by atoms with Crippen LogP contribution >= 0.6 is 46.7 Å². The molecule has 0 saturated carbocycles. The lowest BCUT2D eigenvalue weighted by molar-refractivity contribution is 1.10. The van der Waals surface area contributed by atoms with Crippen LogP contribution in [0.5, 0.6) is 0 Å². The molecule has 1 atom stereocenters. The number of halogens is 2. The normalized spacial score (nSPS) is 20.3. The molecular formula is C14H9Cl2N3S2. The van der Waals surface area contributed by atoms with Crippen LogP contribution < -0.4 is 0 Å². The number of hydrogen-bond donors (Lipinski definition) is 0. The van der Waals surface area contributed by atoms with Crippen molar-refractivity contribution in [3.05, 3.63) is 56.8 Å². The lowest BCUT2D eigenvalue weighted by Gasteiger charge is -2.10. The molecule has 106 valence electrons. The minimum atomic E-state index is 0.224. The summed E-state index contributed by atoms with van der Waals surface area (Å²) in [5.41, 5.74) is 1.66. The van der Waals surface area contributed by atoms with Crippen LogP contribution in [0.4, 0.5) is 0 Å². The Kier molecular flexibility index (Phi) is 4.51. The third-order valence-electron chi connectivity index (χ3n) is 2.99. The van der Waals surface area contributed by atoms with Crippen LogP contribution in [0.2, 0.25) is 10.0 Å². The third kappa shape index (κ3) is 3.09. The highest BCUT2D eigenvalue weighted by atomic mass is 35.5. The van der Waals surface area contributed by atoms with Gasteiger partial charge in [-0.1, -0.05) is 29.3 Å². The van der Waals surface area contributed by atoms with Gasteiger partial charge in [-0.15, -0.1) is 23.5 Å². The summed E-state index contributed by atoms with van der Waals surface area (Å²) in [6.45, 7) is 0. The molecular weight excluding hydrogens is 345 g/mol. The van der Waals surface area contributed by atoms with Crippen molar-refractivity contribution in [2.24, 2.45) is 0 Å². The first-order valence-corrected chi connectivity index (χ1v) is 8.68. The van der Waals surface area contributed by atoms with Crippen molar-refractivity contribution in [3.8, 4) is 6.07 Å². The van der Waals surface area contributed by atoms with Crippen LogP contribution in [0.25, 0.3) is 5.70 Å². The third-order valence-corrected chi connectivity index (χ3v) is 6.47. The molecule has 7 heteroatoms. The predicted octanol–water partition coefficient (Wildman–Crippen LogP) is 5.06. The first-order chi connectivity index (χ1) is 10.2. The van der Waals surface area contributed by atoms with Crippen LogP contribution in [0, 0.1) is 11.3 Å². The van der Waals surface area contributed by atoms with Crippen LogP contribution in [-0.2, 0) is 0 Å². The smallest absolute Gasteiger partial charge is 0.145 e. The monoisotopic (exact) mass is 353 g/mol. The largest absolute Gasteiger partial charge is 0.296 e. The number of rotatable bonds is 2. The van der Waals surface area contributed by atoms with E-state index in [-0.39, 0.29) is 5.25 Å². The summed E-state index contributed by atoms with van der Waals surface area (Å²) in [5, 5.41) is 10.9. The van der Waals surface area contributed by atoms with E-state index in [0.717, 1.165) is 15.6 Å². The van der Waals surface area contributed by atoms with E-state index in [1.54, 1.807) is 52.9 Å². The fraction of sp³-hybridized carbons (Fsp3) is 0.143. The average molecular weight is 354 g/mol. The Hall–Kier alpha value is -1.06. The lowest BCUT2D eigenvalue weighted by atomic mass is 10.2. The van der Waals surface area contributed by atoms with Gasteiger partial charge in [-0.2, -0.15) is 5.26 Å². The molecule has 0 aliphatic carbocycles. The molecule has 0 bridgehead atoms. The molecule has 2 aromatic rings. The van der Waals surface area contributed by atoms with Crippen molar-refractivity contribution in [2.75, 3.05) is 5.75 Å². The van der Waals surface area contributed by atoms with Gasteiger partial charge in [0.05, 0.1) is 10.6 Å². The van der Waals surface area contributed by atoms with E-state index in [1.807, 2.05) is 12.1 Å². The molecule has 1 fully saturated rings. The Balaban J connectivity index is 1.90. The minimum Gasteiger partial charge on any atom is -0.296 e. The molecule has 0 N–H and O–H groups in total. The molecule has 2 heterocycles. The summed E-state index contributed by atoms with van der Waals surface area (Å²) in [6.07, 6.45) is 5.07. The second-order valence-electron chi connectivity index (χ2n) is 4.30. The number of imidazole rings is 1. The first kappa shape index (κ1) is 14.9. The summed E-state index contributed by atoms with van der Waals surface area (Å²) in [6, 6.07) is 7.80. The Morgan fingerprint density at radius 1 is 1.43 bits per heavy atom. The molecule has 1 aliphatic heterocycles. The molecule has 21 heavy (non-hydrogen) atoms. The second kappa shape index (κ2) is 6.37. The molecule has 1 saturated heterocycles. The maximum Gasteiger partial charge on any atom is 0.145 e. The highest BCUT2D eigenvalue weighted by Gasteiger charge is 2.27. The zero-order chi connectivity index (χ0) is 14.8. The second-order valence-corrected chi connectivity index (χ2v) is 7.65. The Morgan fingerprint density at radius 2 is 2.29 bits per heavy atom. The van der Waals surface area contributed by atoms with E-state index >= 15 is 0 Å². The lowest BCUT2D eigenvalue weighted by Crippen LogP contribution is -1.93. The number of hydrogen-bond acceptors (Lipinski definition) is 4. The highest BCUT2D eigenvalue weighted by molar-refractivity contribution is 8.25. The van der Waals surface area contributed by atoms with Crippen LogP contribution in [0.15, 0.2) is 41.2 Å². The van der Waals surface area contributed by atoms with Crippen molar-refractivity contribution < 1.29 is 0 Å². The van der Waals surface area contributed by atoms with Gasteiger partial charge in [0.1, 0.15) is 11.8 Å². The summed E-state index contributed by atoms with van der Waals surface area (Å²) >= 11 is 15.5. The first-order valence-electron chi connectivity index (χ1n) is 6.06. The van der Waals surface area contributed by atoms with Gasteiger partial charge in [0.25, 0.3) is 0 Å². The fourth-order valence-electron chi connectivity index (χ4n) is 1.99. The maximum atomic E-state index is 9.38. The van der Waals surface area contributed by atoms with E-state index in [0.29, 0.717) is 15.7 Å². The van der Waals surface area contributed by atoms with Gasteiger partial charge in [0, 0.05) is 33.4 Å². The van der Waals surface area contributed by atoms with E-state index in [4.69, 9.17) is 23.2 Å². The number of thioether (sulfide) groups is 2. The maximum absolute atomic E-state index is 9.38. The van der Waals surface area contributed by atoms with Gasteiger partial charge < -0.3 is 0 Å². The van der Waals surface area contributed by atoms with Gasteiger partial charge in [-0.3, -0.25) is 4.57 Å². The molecule has 0 unspecified atom stereocenters. The van der Waals surface area contributed by atoms with Crippen molar-refractivity contribution in [2.45, 2.75) is 5.25 Å². The van der Waals surface area contributed by atoms with E-state index in [2.05, 4.69) is 11.1 Å². The van der Waals surface area contributed by atoms with Crippen molar-refractivity contribution in [1.82, 2.24) is 9.55 Å². The van der Waals surface area contributed by atoms with Crippen molar-refractivity contribution in [3.63, 3.8) is 0 Å². The van der Waals surface area contributed by atoms with Gasteiger partial charge in [-0.05, 0) is 17.7 Å². The summed E-state index contributed by atoms with van der Waals surface area (Å²) < 4.78 is 2.73. The van der Waals surface area contributed by atoms with Crippen LogP contribution in [0.3, 0.4) is 0 Å².